The van der Waals surface area contributed by atoms with Gasteiger partial charge in [-0.25, -0.2) is 0 Å². The molecule has 0 amide bonds. The summed E-state index contributed by atoms with van der Waals surface area (Å²) < 4.78 is 0. The number of hydrogen-bond acceptors (Lipinski definition) is 3. The highest BCUT2D eigenvalue weighted by Gasteiger charge is 2.29. The molecule has 1 aliphatic rings. The Hall–Kier alpha value is -2.00. The summed E-state index contributed by atoms with van der Waals surface area (Å²) in [7, 11) is 0. The van der Waals surface area contributed by atoms with Gasteiger partial charge in [-0.3, -0.25) is 4.90 Å². The fourth-order valence-electron chi connectivity index (χ4n) is 3.05. The molecule has 1 heterocycles. The van der Waals surface area contributed by atoms with E-state index in [1.54, 1.807) is 0 Å². The first kappa shape index (κ1) is 14.0. The van der Waals surface area contributed by atoms with Crippen LogP contribution in [0.2, 0.25) is 0 Å². The normalized spacial score (nSPS) is 22.3. The van der Waals surface area contributed by atoms with Crippen molar-refractivity contribution >= 4 is 11.4 Å². The fourth-order valence-corrected chi connectivity index (χ4v) is 3.05. The summed E-state index contributed by atoms with van der Waals surface area (Å²) in [6.07, 6.45) is 0. The summed E-state index contributed by atoms with van der Waals surface area (Å²) in [6, 6.07) is 19.1. The summed E-state index contributed by atoms with van der Waals surface area (Å²) in [5.74, 6) is 0.619. The van der Waals surface area contributed by atoms with Crippen molar-refractivity contribution in [1.29, 1.82) is 0 Å². The number of hydrogen-bond donors (Lipinski definition) is 2. The van der Waals surface area contributed by atoms with E-state index in [9.17, 15) is 0 Å². The fraction of sp³-hybridized carbons (Fsp3) is 0.333. The SMILES string of the molecule is CC1CN(Cc2ccccc2)CC1Nc1ccccc1N. The third-order valence-electron chi connectivity index (χ3n) is 4.24. The zero-order chi connectivity index (χ0) is 14.7. The molecule has 2 unspecified atom stereocenters. The second-order valence-electron chi connectivity index (χ2n) is 6.00. The van der Waals surface area contributed by atoms with Gasteiger partial charge in [0, 0.05) is 25.7 Å². The Morgan fingerprint density at radius 1 is 1.05 bits per heavy atom. The van der Waals surface area contributed by atoms with Crippen LogP contribution in [-0.4, -0.2) is 24.0 Å². The molecule has 3 N–H and O–H groups in total. The van der Waals surface area contributed by atoms with E-state index in [4.69, 9.17) is 5.73 Å². The average molecular weight is 281 g/mol. The van der Waals surface area contributed by atoms with Crippen LogP contribution in [-0.2, 0) is 6.54 Å². The summed E-state index contributed by atoms with van der Waals surface area (Å²) in [6.45, 7) is 5.51. The highest BCUT2D eigenvalue weighted by atomic mass is 15.2. The molecule has 0 aliphatic carbocycles. The van der Waals surface area contributed by atoms with Crippen LogP contribution in [0.3, 0.4) is 0 Å². The number of anilines is 2. The lowest BCUT2D eigenvalue weighted by Crippen LogP contribution is -2.28. The Morgan fingerprint density at radius 3 is 2.52 bits per heavy atom. The number of nitrogen functional groups attached to an aromatic ring is 1. The Bertz CT molecular complexity index is 582. The predicted octanol–water partition coefficient (Wildman–Crippen LogP) is 3.20. The zero-order valence-electron chi connectivity index (χ0n) is 12.5. The third-order valence-corrected chi connectivity index (χ3v) is 4.24. The van der Waals surface area contributed by atoms with E-state index in [-0.39, 0.29) is 0 Å². The molecule has 3 nitrogen and oxygen atoms in total. The largest absolute Gasteiger partial charge is 0.397 e. The molecule has 0 spiro atoms. The van der Waals surface area contributed by atoms with E-state index in [0.29, 0.717) is 12.0 Å². The number of nitrogens with one attached hydrogen (secondary N) is 1. The standard InChI is InChI=1S/C18H23N3/c1-14-11-21(12-15-7-3-2-4-8-15)13-18(14)20-17-10-6-5-9-16(17)19/h2-10,14,18,20H,11-13,19H2,1H3. The van der Waals surface area contributed by atoms with Crippen LogP contribution >= 0.6 is 0 Å². The molecule has 1 fully saturated rings. The van der Waals surface area contributed by atoms with Gasteiger partial charge in [0.2, 0.25) is 0 Å². The van der Waals surface area contributed by atoms with Crippen molar-refractivity contribution in [1.82, 2.24) is 4.90 Å². The number of nitrogens with zero attached hydrogens (tertiary/aromatic N) is 1. The van der Waals surface area contributed by atoms with Crippen molar-refractivity contribution in [3.05, 3.63) is 60.2 Å². The van der Waals surface area contributed by atoms with E-state index < -0.39 is 0 Å². The zero-order valence-corrected chi connectivity index (χ0v) is 12.5. The molecule has 3 heteroatoms. The molecule has 1 aliphatic heterocycles. The van der Waals surface area contributed by atoms with Crippen LogP contribution < -0.4 is 11.1 Å². The first-order valence-corrected chi connectivity index (χ1v) is 7.59. The Labute approximate surface area is 126 Å². The monoisotopic (exact) mass is 281 g/mol. The molecule has 2 atom stereocenters. The molecule has 0 saturated carbocycles. The van der Waals surface area contributed by atoms with Crippen LogP contribution in [0.1, 0.15) is 12.5 Å². The predicted molar refractivity (Wildman–Crippen MR) is 89.1 cm³/mol. The number of para-hydroxylation sites is 2. The molecule has 0 bridgehead atoms. The van der Waals surface area contributed by atoms with Crippen molar-refractivity contribution < 1.29 is 0 Å². The van der Waals surface area contributed by atoms with Gasteiger partial charge in [-0.2, -0.15) is 0 Å². The molecule has 21 heavy (non-hydrogen) atoms. The Morgan fingerprint density at radius 2 is 1.76 bits per heavy atom. The quantitative estimate of drug-likeness (QED) is 0.846. The van der Waals surface area contributed by atoms with Gasteiger partial charge < -0.3 is 11.1 Å². The Balaban J connectivity index is 1.62. The van der Waals surface area contributed by atoms with Crippen LogP contribution in [0.5, 0.6) is 0 Å². The molecule has 0 radical (unpaired) electrons. The van der Waals surface area contributed by atoms with Gasteiger partial charge in [0.15, 0.2) is 0 Å². The second kappa shape index (κ2) is 6.19. The minimum Gasteiger partial charge on any atom is -0.397 e. The van der Waals surface area contributed by atoms with Crippen LogP contribution in [0, 0.1) is 5.92 Å². The minimum absolute atomic E-state index is 0.457. The van der Waals surface area contributed by atoms with E-state index >= 15 is 0 Å². The molecule has 0 aromatic heterocycles. The molecule has 2 aromatic carbocycles. The summed E-state index contributed by atoms with van der Waals surface area (Å²) in [5, 5.41) is 3.61. The number of likely N-dealkylation sites (tertiary alicyclic amines) is 1. The molecular formula is C18H23N3. The van der Waals surface area contributed by atoms with Gasteiger partial charge in [0.05, 0.1) is 11.4 Å². The lowest BCUT2D eigenvalue weighted by Gasteiger charge is -2.19. The van der Waals surface area contributed by atoms with Gasteiger partial charge in [-0.1, -0.05) is 49.4 Å². The van der Waals surface area contributed by atoms with E-state index in [1.165, 1.54) is 5.56 Å². The van der Waals surface area contributed by atoms with Crippen molar-refractivity contribution in [2.75, 3.05) is 24.1 Å². The van der Waals surface area contributed by atoms with Crippen molar-refractivity contribution in [3.63, 3.8) is 0 Å². The van der Waals surface area contributed by atoms with Crippen LogP contribution in [0.4, 0.5) is 11.4 Å². The lowest BCUT2D eigenvalue weighted by atomic mass is 10.1. The summed E-state index contributed by atoms with van der Waals surface area (Å²) in [4.78, 5) is 2.51. The van der Waals surface area contributed by atoms with E-state index in [1.807, 2.05) is 18.2 Å². The maximum atomic E-state index is 6.03. The van der Waals surface area contributed by atoms with Gasteiger partial charge >= 0.3 is 0 Å². The highest BCUT2D eigenvalue weighted by Crippen LogP contribution is 2.25. The van der Waals surface area contributed by atoms with Crippen LogP contribution in [0.25, 0.3) is 0 Å². The topological polar surface area (TPSA) is 41.3 Å². The van der Waals surface area contributed by atoms with Gasteiger partial charge in [-0.15, -0.1) is 0 Å². The third kappa shape index (κ3) is 3.37. The van der Waals surface area contributed by atoms with Crippen molar-refractivity contribution in [2.24, 2.45) is 5.92 Å². The highest BCUT2D eigenvalue weighted by molar-refractivity contribution is 5.66. The van der Waals surface area contributed by atoms with Crippen molar-refractivity contribution in [3.8, 4) is 0 Å². The maximum absolute atomic E-state index is 6.03. The first-order chi connectivity index (χ1) is 10.2. The first-order valence-electron chi connectivity index (χ1n) is 7.59. The average Bonchev–Trinajstić information content (AvgIpc) is 2.82. The summed E-state index contributed by atoms with van der Waals surface area (Å²) in [5.41, 5.74) is 9.28. The minimum atomic E-state index is 0.457. The van der Waals surface area contributed by atoms with Crippen molar-refractivity contribution in [2.45, 2.75) is 19.5 Å². The van der Waals surface area contributed by atoms with E-state index in [0.717, 1.165) is 31.0 Å². The second-order valence-corrected chi connectivity index (χ2v) is 6.00. The van der Waals surface area contributed by atoms with Gasteiger partial charge in [0.1, 0.15) is 0 Å². The molecule has 2 aromatic rings. The summed E-state index contributed by atoms with van der Waals surface area (Å²) >= 11 is 0. The van der Waals surface area contributed by atoms with E-state index in [2.05, 4.69) is 53.5 Å². The van der Waals surface area contributed by atoms with Gasteiger partial charge in [-0.05, 0) is 23.6 Å². The van der Waals surface area contributed by atoms with Crippen LogP contribution in [0.15, 0.2) is 54.6 Å². The number of benzene rings is 2. The Kier molecular flexibility index (Phi) is 4.11. The maximum Gasteiger partial charge on any atom is 0.0576 e. The molecule has 110 valence electrons. The van der Waals surface area contributed by atoms with Gasteiger partial charge in [0.25, 0.3) is 0 Å². The number of nitrogens with two attached hydrogens (primary N) is 1. The number of rotatable bonds is 4. The molecular weight excluding hydrogens is 258 g/mol. The molecule has 1 saturated heterocycles. The molecule has 3 rings (SSSR count). The lowest BCUT2D eigenvalue weighted by molar-refractivity contribution is 0.319. The smallest absolute Gasteiger partial charge is 0.0576 e.